The molecule has 0 radical (unpaired) electrons. The van der Waals surface area contributed by atoms with Gasteiger partial charge in [0, 0.05) is 19.6 Å². The molecule has 0 saturated carbocycles. The number of halogens is 2. The van der Waals surface area contributed by atoms with Crippen molar-refractivity contribution in [1.82, 2.24) is 9.47 Å². The zero-order valence-corrected chi connectivity index (χ0v) is 18.6. The van der Waals surface area contributed by atoms with Gasteiger partial charge < -0.3 is 18.9 Å². The summed E-state index contributed by atoms with van der Waals surface area (Å²) in [7, 11) is 0. The molecule has 0 saturated heterocycles. The Morgan fingerprint density at radius 3 is 2.53 bits per heavy atom. The molecule has 9 heteroatoms. The third-order valence-corrected chi connectivity index (χ3v) is 6.07. The Labute approximate surface area is 198 Å². The van der Waals surface area contributed by atoms with Crippen LogP contribution < -0.4 is 10.2 Å². The fourth-order valence-electron chi connectivity index (χ4n) is 4.16. The summed E-state index contributed by atoms with van der Waals surface area (Å²) in [6, 6.07) is 13.4. The third-order valence-electron chi connectivity index (χ3n) is 5.78. The van der Waals surface area contributed by atoms with Crippen LogP contribution in [0.4, 0.5) is 4.39 Å². The fourth-order valence-corrected chi connectivity index (χ4v) is 4.36. The Bertz CT molecular complexity index is 1420. The van der Waals surface area contributed by atoms with E-state index in [4.69, 9.17) is 21.1 Å². The first-order valence-corrected chi connectivity index (χ1v) is 10.8. The van der Waals surface area contributed by atoms with E-state index in [9.17, 15) is 18.8 Å². The van der Waals surface area contributed by atoms with E-state index in [0.29, 0.717) is 5.56 Å². The number of fused-ring (bicyclic) bond motifs is 3. The van der Waals surface area contributed by atoms with Crippen molar-refractivity contribution in [3.05, 3.63) is 104 Å². The summed E-state index contributed by atoms with van der Waals surface area (Å²) in [5, 5.41) is -0.0514. The molecule has 0 unspecified atom stereocenters. The number of cyclic esters (lactones) is 1. The molecule has 3 heterocycles. The Morgan fingerprint density at radius 2 is 1.79 bits per heavy atom. The first kappa shape index (κ1) is 21.9. The summed E-state index contributed by atoms with van der Waals surface area (Å²) < 4.78 is 26.0. The van der Waals surface area contributed by atoms with E-state index in [1.807, 2.05) is 30.3 Å². The van der Waals surface area contributed by atoms with Gasteiger partial charge in [-0.25, -0.2) is 9.18 Å². The average molecular weight is 481 g/mol. The summed E-state index contributed by atoms with van der Waals surface area (Å²) in [6.45, 7) is 4.32. The van der Waals surface area contributed by atoms with Gasteiger partial charge in [-0.3, -0.25) is 9.59 Å². The van der Waals surface area contributed by atoms with Gasteiger partial charge in [-0.05, 0) is 23.3 Å². The Morgan fingerprint density at radius 1 is 1.03 bits per heavy atom. The number of benzene rings is 2. The number of pyridine rings is 1. The summed E-state index contributed by atoms with van der Waals surface area (Å²) in [4.78, 5) is 40.9. The lowest BCUT2D eigenvalue weighted by Gasteiger charge is -2.32. The van der Waals surface area contributed by atoms with Gasteiger partial charge in [-0.1, -0.05) is 54.6 Å². The zero-order valence-electron chi connectivity index (χ0n) is 17.8. The molecule has 1 amide bonds. The lowest BCUT2D eigenvalue weighted by molar-refractivity contribution is 0.0661. The molecule has 0 aliphatic carbocycles. The molecule has 7 nitrogen and oxygen atoms in total. The van der Waals surface area contributed by atoms with Gasteiger partial charge in [0.2, 0.25) is 5.43 Å². The van der Waals surface area contributed by atoms with Gasteiger partial charge >= 0.3 is 5.97 Å². The van der Waals surface area contributed by atoms with Crippen LogP contribution >= 0.6 is 11.6 Å². The van der Waals surface area contributed by atoms with Gasteiger partial charge in [0.15, 0.2) is 11.4 Å². The van der Waals surface area contributed by atoms with Crippen LogP contribution in [0.1, 0.15) is 37.7 Å². The minimum absolute atomic E-state index is 0.00313. The highest BCUT2D eigenvalue weighted by Gasteiger charge is 2.40. The molecule has 0 bridgehead atoms. The van der Waals surface area contributed by atoms with Gasteiger partial charge in [0.1, 0.15) is 23.9 Å². The second-order valence-electron chi connectivity index (χ2n) is 7.94. The monoisotopic (exact) mass is 480 g/mol. The number of amides is 1. The fraction of sp³-hybridized carbons (Fsp3) is 0.160. The second kappa shape index (κ2) is 8.46. The Hall–Kier alpha value is -3.91. The number of carbonyl (C=O) groups is 2. The van der Waals surface area contributed by atoms with E-state index in [1.165, 1.54) is 27.7 Å². The molecule has 5 rings (SSSR count). The Balaban J connectivity index is 1.57. The van der Waals surface area contributed by atoms with Crippen LogP contribution in [0.25, 0.3) is 5.76 Å². The minimum Gasteiger partial charge on any atom is -0.483 e. The van der Waals surface area contributed by atoms with Gasteiger partial charge in [0.05, 0.1) is 10.6 Å². The summed E-state index contributed by atoms with van der Waals surface area (Å²) in [5.41, 5.74) is 0.752. The summed E-state index contributed by atoms with van der Waals surface area (Å²) >= 11 is 5.88. The number of ether oxygens (including phenoxy) is 2. The van der Waals surface area contributed by atoms with E-state index in [1.54, 1.807) is 0 Å². The normalized spacial score (nSPS) is 14.6. The highest BCUT2D eigenvalue weighted by molar-refractivity contribution is 6.30. The molecule has 2 aliphatic rings. The van der Waals surface area contributed by atoms with E-state index in [0.717, 1.165) is 5.56 Å². The van der Waals surface area contributed by atoms with Gasteiger partial charge in [0.25, 0.3) is 5.91 Å². The molecule has 34 heavy (non-hydrogen) atoms. The molecule has 0 fully saturated rings. The predicted octanol–water partition coefficient (Wildman–Crippen LogP) is 4.02. The van der Waals surface area contributed by atoms with Crippen molar-refractivity contribution < 1.29 is 23.5 Å². The topological polar surface area (TPSA) is 77.8 Å². The highest BCUT2D eigenvalue weighted by Crippen LogP contribution is 2.33. The minimum atomic E-state index is -0.737. The number of hydrogen-bond donors (Lipinski definition) is 0. The van der Waals surface area contributed by atoms with Crippen LogP contribution in [0, 0.1) is 5.82 Å². The van der Waals surface area contributed by atoms with E-state index >= 15 is 0 Å². The lowest BCUT2D eigenvalue weighted by atomic mass is 10.1. The average Bonchev–Trinajstić information content (AvgIpc) is 3.13. The van der Waals surface area contributed by atoms with Crippen molar-refractivity contribution in [2.75, 3.05) is 6.54 Å². The van der Waals surface area contributed by atoms with Crippen LogP contribution in [0.3, 0.4) is 0 Å². The van der Waals surface area contributed by atoms with Crippen LogP contribution in [-0.2, 0) is 24.4 Å². The quantitative estimate of drug-likeness (QED) is 0.515. The Kier molecular flexibility index (Phi) is 5.45. The molecule has 0 spiro atoms. The van der Waals surface area contributed by atoms with Crippen molar-refractivity contribution >= 4 is 29.2 Å². The van der Waals surface area contributed by atoms with E-state index in [2.05, 4.69) is 6.58 Å². The smallest absolute Gasteiger partial charge is 0.361 e. The molecule has 172 valence electrons. The van der Waals surface area contributed by atoms with Crippen LogP contribution in [0.5, 0.6) is 5.75 Å². The zero-order chi connectivity index (χ0) is 24.0. The van der Waals surface area contributed by atoms with Crippen molar-refractivity contribution in [1.29, 1.82) is 0 Å². The molecule has 0 N–H and O–H groups in total. The molecule has 3 aromatic rings. The number of rotatable bonds is 5. The van der Waals surface area contributed by atoms with Crippen molar-refractivity contribution in [2.45, 2.75) is 19.7 Å². The van der Waals surface area contributed by atoms with Crippen molar-refractivity contribution in [3.63, 3.8) is 0 Å². The molecule has 1 aromatic heterocycles. The molecular weight excluding hydrogens is 463 g/mol. The first-order valence-electron chi connectivity index (χ1n) is 10.5. The summed E-state index contributed by atoms with van der Waals surface area (Å²) in [6.07, 6.45) is 0. The summed E-state index contributed by atoms with van der Waals surface area (Å²) in [5.74, 6) is -2.03. The molecular formula is C25H18ClFN2O5. The number of carbonyl (C=O) groups excluding carboxylic acids is 2. The van der Waals surface area contributed by atoms with Gasteiger partial charge in [-0.2, -0.15) is 0 Å². The van der Waals surface area contributed by atoms with E-state index in [-0.39, 0.29) is 59.7 Å². The maximum atomic E-state index is 13.6. The molecule has 0 atom stereocenters. The molecule has 2 aliphatic heterocycles. The maximum absolute atomic E-state index is 13.6. The highest BCUT2D eigenvalue weighted by atomic mass is 35.5. The van der Waals surface area contributed by atoms with Crippen LogP contribution in [0.2, 0.25) is 5.02 Å². The van der Waals surface area contributed by atoms with Crippen molar-refractivity contribution in [2.24, 2.45) is 0 Å². The maximum Gasteiger partial charge on any atom is 0.361 e. The third kappa shape index (κ3) is 3.66. The van der Waals surface area contributed by atoms with Crippen molar-refractivity contribution in [3.8, 4) is 5.75 Å². The number of esters is 1. The van der Waals surface area contributed by atoms with Gasteiger partial charge in [-0.15, -0.1) is 0 Å². The largest absolute Gasteiger partial charge is 0.483 e. The van der Waals surface area contributed by atoms with Crippen LogP contribution in [-0.4, -0.2) is 27.9 Å². The molecule has 2 aromatic carbocycles. The van der Waals surface area contributed by atoms with E-state index < -0.39 is 23.1 Å². The number of aromatic nitrogens is 1. The number of nitrogens with zero attached hydrogens (tertiary/aromatic N) is 2. The lowest BCUT2D eigenvalue weighted by Crippen LogP contribution is -2.43. The first-order chi connectivity index (χ1) is 16.3. The SMILES string of the molecule is C=C1OC(=O)c2c1c(=O)c(OCc1ccccc1)c1n2CCN(Cc2ccc(F)c(Cl)c2)C1=O. The number of hydrogen-bond acceptors (Lipinski definition) is 5. The van der Waals surface area contributed by atoms with Crippen LogP contribution in [0.15, 0.2) is 59.9 Å². The second-order valence-corrected chi connectivity index (χ2v) is 8.35. The predicted molar refractivity (Wildman–Crippen MR) is 122 cm³/mol. The standard InChI is InChI=1S/C25H18ClFN2O5/c1-14-19-20(25(32)34-14)29-10-9-28(12-16-7-8-18(27)17(26)11-16)24(31)21(29)23(22(19)30)33-13-15-5-3-2-4-6-15/h2-8,11H,1,9-10,12-13H2.